The maximum Gasteiger partial charge on any atom is 0.265 e. The molecule has 0 aliphatic carbocycles. The fourth-order valence-electron chi connectivity index (χ4n) is 3.28. The minimum atomic E-state index is -0.132. The molecule has 0 saturated carbocycles. The van der Waals surface area contributed by atoms with Gasteiger partial charge in [0.15, 0.2) is 6.61 Å². The van der Waals surface area contributed by atoms with E-state index in [9.17, 15) is 9.59 Å². The van der Waals surface area contributed by atoms with Crippen molar-refractivity contribution in [3.8, 4) is 16.3 Å². The molecule has 2 aromatic carbocycles. The smallest absolute Gasteiger partial charge is 0.265 e. The molecule has 0 atom stereocenters. The number of nitrogens with zero attached hydrogens (tertiary/aromatic N) is 2. The first kappa shape index (κ1) is 20.1. The molecule has 1 aliphatic heterocycles. The van der Waals surface area contributed by atoms with Crippen LogP contribution in [0, 0.1) is 6.92 Å². The summed E-state index contributed by atoms with van der Waals surface area (Å²) >= 11 is 1.61. The second kappa shape index (κ2) is 9.09. The van der Waals surface area contributed by atoms with Crippen LogP contribution in [-0.4, -0.2) is 36.5 Å². The predicted octanol–water partition coefficient (Wildman–Crippen LogP) is 3.59. The number of aromatic nitrogens is 1. The van der Waals surface area contributed by atoms with Crippen LogP contribution in [-0.2, 0) is 16.0 Å². The van der Waals surface area contributed by atoms with Crippen molar-refractivity contribution >= 4 is 28.8 Å². The summed E-state index contributed by atoms with van der Waals surface area (Å²) < 4.78 is 5.43. The van der Waals surface area contributed by atoms with Crippen LogP contribution in [0.15, 0.2) is 53.9 Å². The van der Waals surface area contributed by atoms with Gasteiger partial charge in [-0.2, -0.15) is 0 Å². The number of carbonyl (C=O) groups is 2. The molecule has 1 aromatic heterocycles. The van der Waals surface area contributed by atoms with Gasteiger partial charge in [0.1, 0.15) is 10.8 Å². The summed E-state index contributed by atoms with van der Waals surface area (Å²) in [7, 11) is 0. The third-order valence-electron chi connectivity index (χ3n) is 4.92. The van der Waals surface area contributed by atoms with Gasteiger partial charge in [-0.25, -0.2) is 4.98 Å². The molecule has 0 fully saturated rings. The molecule has 4 rings (SSSR count). The maximum atomic E-state index is 12.3. The van der Waals surface area contributed by atoms with Crippen molar-refractivity contribution < 1.29 is 14.3 Å². The van der Waals surface area contributed by atoms with E-state index < -0.39 is 0 Å². The first-order valence-corrected chi connectivity index (χ1v) is 10.8. The topological polar surface area (TPSA) is 71.5 Å². The molecule has 0 saturated heterocycles. The van der Waals surface area contributed by atoms with Gasteiger partial charge in [0.25, 0.3) is 5.91 Å². The number of carbonyl (C=O) groups excluding carboxylic acids is 2. The quantitative estimate of drug-likeness (QED) is 0.633. The largest absolute Gasteiger partial charge is 0.482 e. The highest BCUT2D eigenvalue weighted by molar-refractivity contribution is 7.13. The number of hydrogen-bond acceptors (Lipinski definition) is 5. The maximum absolute atomic E-state index is 12.3. The van der Waals surface area contributed by atoms with E-state index in [4.69, 9.17) is 4.74 Å². The normalized spacial score (nSPS) is 13.0. The summed E-state index contributed by atoms with van der Waals surface area (Å²) in [5, 5.41) is 5.94. The molecule has 0 radical (unpaired) electrons. The Morgan fingerprint density at radius 3 is 2.83 bits per heavy atom. The third kappa shape index (κ3) is 4.68. The third-order valence-corrected chi connectivity index (χ3v) is 5.86. The SMILES string of the molecule is Cc1ccc(-c2nc(CCNC(=O)CCN3C(=O)COc4ccccc43)cs2)cc1. The van der Waals surface area contributed by atoms with E-state index in [0.29, 0.717) is 30.9 Å². The average Bonchev–Trinajstić information content (AvgIpc) is 3.22. The zero-order chi connectivity index (χ0) is 20.9. The predicted molar refractivity (Wildman–Crippen MR) is 118 cm³/mol. The van der Waals surface area contributed by atoms with Crippen molar-refractivity contribution in [2.45, 2.75) is 19.8 Å². The number of rotatable bonds is 7. The number of hydrogen-bond donors (Lipinski definition) is 1. The monoisotopic (exact) mass is 421 g/mol. The number of benzene rings is 2. The standard InChI is InChI=1S/C23H23N3O3S/c1-16-6-8-17(9-7-16)23-25-18(15-30-23)10-12-24-21(27)11-13-26-19-4-2-3-5-20(19)29-14-22(26)28/h2-9,15H,10-14H2,1H3,(H,24,27). The average molecular weight is 422 g/mol. The van der Waals surface area contributed by atoms with Crippen molar-refractivity contribution in [2.75, 3.05) is 24.6 Å². The van der Waals surface area contributed by atoms with Gasteiger partial charge in [0.05, 0.1) is 11.4 Å². The summed E-state index contributed by atoms with van der Waals surface area (Å²) in [6, 6.07) is 15.7. The Balaban J connectivity index is 1.25. The number of ether oxygens (including phenoxy) is 1. The number of fused-ring (bicyclic) bond motifs is 1. The number of para-hydroxylation sites is 2. The molecule has 2 heterocycles. The molecular formula is C23H23N3O3S. The van der Waals surface area contributed by atoms with Gasteiger partial charge < -0.3 is 15.0 Å². The first-order chi connectivity index (χ1) is 14.6. The number of nitrogens with one attached hydrogen (secondary N) is 1. The molecule has 7 heteroatoms. The fourth-order valence-corrected chi connectivity index (χ4v) is 4.14. The van der Waals surface area contributed by atoms with Gasteiger partial charge in [-0.1, -0.05) is 42.0 Å². The van der Waals surface area contributed by atoms with Crippen LogP contribution in [0.25, 0.3) is 10.6 Å². The van der Waals surface area contributed by atoms with E-state index in [1.54, 1.807) is 16.2 Å². The van der Waals surface area contributed by atoms with E-state index in [1.807, 2.05) is 29.6 Å². The lowest BCUT2D eigenvalue weighted by molar-refractivity contribution is -0.122. The highest BCUT2D eigenvalue weighted by Crippen LogP contribution is 2.31. The lowest BCUT2D eigenvalue weighted by Crippen LogP contribution is -2.41. The van der Waals surface area contributed by atoms with Crippen molar-refractivity contribution in [1.82, 2.24) is 10.3 Å². The molecule has 3 aromatic rings. The van der Waals surface area contributed by atoms with Crippen molar-refractivity contribution in [2.24, 2.45) is 0 Å². The Morgan fingerprint density at radius 2 is 2.00 bits per heavy atom. The Kier molecular flexibility index (Phi) is 6.09. The molecule has 1 N–H and O–H groups in total. The molecule has 0 bridgehead atoms. The van der Waals surface area contributed by atoms with Gasteiger partial charge in [0, 0.05) is 36.9 Å². The van der Waals surface area contributed by atoms with Crippen LogP contribution in [0.5, 0.6) is 5.75 Å². The minimum absolute atomic E-state index is 0.00573. The highest BCUT2D eigenvalue weighted by atomic mass is 32.1. The Bertz CT molecular complexity index is 1050. The summed E-state index contributed by atoms with van der Waals surface area (Å²) in [6.45, 7) is 2.92. The number of thiazole rings is 1. The van der Waals surface area contributed by atoms with Crippen molar-refractivity contribution in [1.29, 1.82) is 0 Å². The molecule has 6 nitrogen and oxygen atoms in total. The molecule has 1 aliphatic rings. The summed E-state index contributed by atoms with van der Waals surface area (Å²) in [6.07, 6.45) is 0.916. The van der Waals surface area contributed by atoms with Crippen LogP contribution in [0.1, 0.15) is 17.7 Å². The van der Waals surface area contributed by atoms with Crippen LogP contribution in [0.4, 0.5) is 5.69 Å². The van der Waals surface area contributed by atoms with Crippen LogP contribution >= 0.6 is 11.3 Å². The van der Waals surface area contributed by atoms with Gasteiger partial charge in [-0.05, 0) is 19.1 Å². The van der Waals surface area contributed by atoms with Gasteiger partial charge in [-0.3, -0.25) is 9.59 Å². The molecule has 0 unspecified atom stereocenters. The zero-order valence-corrected chi connectivity index (χ0v) is 17.6. The minimum Gasteiger partial charge on any atom is -0.482 e. The number of anilines is 1. The van der Waals surface area contributed by atoms with Gasteiger partial charge in [0.2, 0.25) is 5.91 Å². The lowest BCUT2D eigenvalue weighted by atomic mass is 10.2. The molecule has 154 valence electrons. The van der Waals surface area contributed by atoms with Crippen LogP contribution in [0.3, 0.4) is 0 Å². The summed E-state index contributed by atoms with van der Waals surface area (Å²) in [5.74, 6) is 0.457. The molecule has 30 heavy (non-hydrogen) atoms. The Labute approximate surface area is 179 Å². The number of aryl methyl sites for hydroxylation is 1. The van der Waals surface area contributed by atoms with Gasteiger partial charge >= 0.3 is 0 Å². The van der Waals surface area contributed by atoms with E-state index in [2.05, 4.69) is 41.5 Å². The van der Waals surface area contributed by atoms with Crippen LogP contribution < -0.4 is 15.0 Å². The molecule has 2 amide bonds. The summed E-state index contributed by atoms with van der Waals surface area (Å²) in [5.41, 5.74) is 4.01. The molecular weight excluding hydrogens is 398 g/mol. The fraction of sp³-hybridized carbons (Fsp3) is 0.261. The Morgan fingerprint density at radius 1 is 1.20 bits per heavy atom. The van der Waals surface area contributed by atoms with Crippen LogP contribution in [0.2, 0.25) is 0 Å². The first-order valence-electron chi connectivity index (χ1n) is 9.90. The summed E-state index contributed by atoms with van der Waals surface area (Å²) in [4.78, 5) is 30.7. The molecule has 0 spiro atoms. The van der Waals surface area contributed by atoms with E-state index >= 15 is 0 Å². The second-order valence-electron chi connectivity index (χ2n) is 7.16. The van der Waals surface area contributed by atoms with Gasteiger partial charge in [-0.15, -0.1) is 11.3 Å². The highest BCUT2D eigenvalue weighted by Gasteiger charge is 2.25. The van der Waals surface area contributed by atoms with Crippen molar-refractivity contribution in [3.05, 3.63) is 65.2 Å². The van der Waals surface area contributed by atoms with E-state index in [0.717, 1.165) is 16.3 Å². The zero-order valence-electron chi connectivity index (χ0n) is 16.8. The number of amides is 2. The van der Waals surface area contributed by atoms with Crippen molar-refractivity contribution in [3.63, 3.8) is 0 Å². The lowest BCUT2D eigenvalue weighted by Gasteiger charge is -2.29. The van der Waals surface area contributed by atoms with E-state index in [-0.39, 0.29) is 24.8 Å². The van der Waals surface area contributed by atoms with E-state index in [1.165, 1.54) is 5.56 Å². The Hall–Kier alpha value is -3.19. The second-order valence-corrected chi connectivity index (χ2v) is 8.02.